The Balaban J connectivity index is 1.52. The molecule has 0 heterocycles. The van der Waals surface area contributed by atoms with E-state index in [0.717, 1.165) is 43.2 Å². The van der Waals surface area contributed by atoms with E-state index in [-0.39, 0.29) is 17.0 Å². The number of hydrogen-bond acceptors (Lipinski definition) is 0. The summed E-state index contributed by atoms with van der Waals surface area (Å²) >= 11 is 0. The first kappa shape index (κ1) is 20.4. The van der Waals surface area contributed by atoms with E-state index >= 15 is 0 Å². The van der Waals surface area contributed by atoms with Gasteiger partial charge in [0.25, 0.3) is 0 Å². The van der Waals surface area contributed by atoms with Crippen LogP contribution in [0.4, 0.5) is 17.6 Å². The first-order valence-corrected chi connectivity index (χ1v) is 10.9. The Labute approximate surface area is 170 Å². The van der Waals surface area contributed by atoms with Crippen LogP contribution in [-0.2, 0) is 0 Å². The molecular weight excluding hydrogens is 376 g/mol. The first-order chi connectivity index (χ1) is 14.0. The molecule has 0 saturated heterocycles. The summed E-state index contributed by atoms with van der Waals surface area (Å²) in [5.74, 6) is -1.13. The minimum Gasteiger partial charge on any atom is -0.206 e. The monoisotopic (exact) mass is 404 g/mol. The van der Waals surface area contributed by atoms with Gasteiger partial charge in [0.2, 0.25) is 0 Å². The van der Waals surface area contributed by atoms with Crippen molar-refractivity contribution in [3.63, 3.8) is 0 Å². The predicted molar refractivity (Wildman–Crippen MR) is 108 cm³/mol. The minimum atomic E-state index is -1.11. The van der Waals surface area contributed by atoms with Crippen molar-refractivity contribution in [1.29, 1.82) is 0 Å². The van der Waals surface area contributed by atoms with Gasteiger partial charge in [-0.2, -0.15) is 0 Å². The number of fused-ring (bicyclic) bond motifs is 1. The summed E-state index contributed by atoms with van der Waals surface area (Å²) in [4.78, 5) is 0. The Morgan fingerprint density at radius 3 is 2.14 bits per heavy atom. The molecule has 29 heavy (non-hydrogen) atoms. The average molecular weight is 404 g/mol. The van der Waals surface area contributed by atoms with E-state index in [2.05, 4.69) is 6.92 Å². The van der Waals surface area contributed by atoms with Crippen LogP contribution in [0.3, 0.4) is 0 Å². The van der Waals surface area contributed by atoms with Gasteiger partial charge in [-0.3, -0.25) is 0 Å². The highest BCUT2D eigenvalue weighted by Gasteiger charge is 2.36. The lowest BCUT2D eigenvalue weighted by molar-refractivity contribution is 0.114. The smallest absolute Gasteiger partial charge is 0.159 e. The Hall–Kier alpha value is -1.84. The molecule has 2 aromatic carbocycles. The van der Waals surface area contributed by atoms with Gasteiger partial charge in [0, 0.05) is 0 Å². The highest BCUT2D eigenvalue weighted by Crippen LogP contribution is 2.48. The van der Waals surface area contributed by atoms with Gasteiger partial charge in [0.05, 0.1) is 5.56 Å². The molecule has 156 valence electrons. The molecule has 0 aromatic heterocycles. The summed E-state index contributed by atoms with van der Waals surface area (Å²) in [6.45, 7) is 2.25. The van der Waals surface area contributed by atoms with E-state index in [1.165, 1.54) is 50.3 Å². The van der Waals surface area contributed by atoms with Crippen LogP contribution < -0.4 is 0 Å². The third-order valence-corrected chi connectivity index (χ3v) is 7.16. The normalized spacial score (nSPS) is 26.9. The van der Waals surface area contributed by atoms with Crippen molar-refractivity contribution in [2.24, 2.45) is 17.8 Å². The molecule has 0 spiro atoms. The Morgan fingerprint density at radius 1 is 0.759 bits per heavy atom. The molecule has 2 saturated carbocycles. The fourth-order valence-electron chi connectivity index (χ4n) is 5.72. The van der Waals surface area contributed by atoms with Gasteiger partial charge in [0.15, 0.2) is 11.6 Å². The van der Waals surface area contributed by atoms with Crippen molar-refractivity contribution in [3.05, 3.63) is 59.2 Å². The number of halogens is 4. The molecule has 0 amide bonds. The maximum Gasteiger partial charge on any atom is 0.159 e. The third kappa shape index (κ3) is 4.22. The van der Waals surface area contributed by atoms with Crippen LogP contribution in [0, 0.1) is 41.0 Å². The Bertz CT molecular complexity index is 852. The van der Waals surface area contributed by atoms with Crippen LogP contribution >= 0.6 is 0 Å². The van der Waals surface area contributed by atoms with Crippen molar-refractivity contribution < 1.29 is 17.6 Å². The van der Waals surface area contributed by atoms with E-state index in [1.54, 1.807) is 0 Å². The molecule has 4 atom stereocenters. The highest BCUT2D eigenvalue weighted by atomic mass is 19.2. The van der Waals surface area contributed by atoms with Crippen LogP contribution in [0.1, 0.15) is 69.8 Å². The van der Waals surface area contributed by atoms with E-state index in [4.69, 9.17) is 0 Å². The van der Waals surface area contributed by atoms with Crippen LogP contribution in [0.25, 0.3) is 11.1 Å². The summed E-state index contributed by atoms with van der Waals surface area (Å²) in [6, 6.07) is 5.74. The van der Waals surface area contributed by atoms with Crippen molar-refractivity contribution >= 4 is 0 Å². The molecule has 0 nitrogen and oxygen atoms in total. The molecule has 0 aliphatic heterocycles. The van der Waals surface area contributed by atoms with Gasteiger partial charge >= 0.3 is 0 Å². The quantitative estimate of drug-likeness (QED) is 0.453. The summed E-state index contributed by atoms with van der Waals surface area (Å²) < 4.78 is 56.3. The van der Waals surface area contributed by atoms with Crippen molar-refractivity contribution in [1.82, 2.24) is 0 Å². The van der Waals surface area contributed by atoms with Crippen molar-refractivity contribution in [2.45, 2.75) is 64.2 Å². The average Bonchev–Trinajstić information content (AvgIpc) is 2.70. The topological polar surface area (TPSA) is 0 Å². The second-order valence-electron chi connectivity index (χ2n) is 8.99. The molecule has 4 rings (SSSR count). The number of rotatable bonds is 4. The maximum absolute atomic E-state index is 14.8. The van der Waals surface area contributed by atoms with Crippen LogP contribution in [0.15, 0.2) is 30.3 Å². The largest absolute Gasteiger partial charge is 0.206 e. The van der Waals surface area contributed by atoms with E-state index in [9.17, 15) is 17.6 Å². The van der Waals surface area contributed by atoms with E-state index in [1.807, 2.05) is 0 Å². The summed E-state index contributed by atoms with van der Waals surface area (Å²) in [7, 11) is 0. The standard InChI is InChI=1S/C25H28F4/c1-2-3-15-4-5-17-11-18(7-6-16(17)10-15)20-13-23(28)25(24(29)14-20)19-8-9-21(26)22(27)12-19/h8-9,12-18H,2-7,10-11H2,1H3/t15?,16-,17-,18-/m1/s1. The molecule has 0 bridgehead atoms. The third-order valence-electron chi connectivity index (χ3n) is 7.16. The van der Waals surface area contributed by atoms with Gasteiger partial charge in [0.1, 0.15) is 11.6 Å². The fourth-order valence-corrected chi connectivity index (χ4v) is 5.72. The second kappa shape index (κ2) is 8.49. The fraction of sp³-hybridized carbons (Fsp3) is 0.520. The summed E-state index contributed by atoms with van der Waals surface area (Å²) in [5.41, 5.74) is 0.422. The molecule has 1 unspecified atom stereocenters. The van der Waals surface area contributed by atoms with Crippen molar-refractivity contribution in [2.75, 3.05) is 0 Å². The van der Waals surface area contributed by atoms with Crippen LogP contribution in [0.2, 0.25) is 0 Å². The second-order valence-corrected chi connectivity index (χ2v) is 8.99. The molecule has 2 aliphatic rings. The van der Waals surface area contributed by atoms with Crippen LogP contribution in [0.5, 0.6) is 0 Å². The van der Waals surface area contributed by atoms with Gasteiger partial charge in [-0.05, 0) is 91.2 Å². The zero-order valence-electron chi connectivity index (χ0n) is 16.9. The molecule has 0 radical (unpaired) electrons. The molecule has 0 N–H and O–H groups in total. The summed E-state index contributed by atoms with van der Waals surface area (Å²) in [6.07, 6.45) is 9.45. The van der Waals surface area contributed by atoms with Gasteiger partial charge in [-0.25, -0.2) is 17.6 Å². The molecule has 2 fully saturated rings. The predicted octanol–water partition coefficient (Wildman–Crippen LogP) is 8.01. The zero-order chi connectivity index (χ0) is 20.5. The Morgan fingerprint density at radius 2 is 1.45 bits per heavy atom. The molecule has 2 aromatic rings. The maximum atomic E-state index is 14.8. The van der Waals surface area contributed by atoms with Crippen LogP contribution in [-0.4, -0.2) is 0 Å². The number of hydrogen-bond donors (Lipinski definition) is 0. The highest BCUT2D eigenvalue weighted by molar-refractivity contribution is 5.65. The first-order valence-electron chi connectivity index (χ1n) is 10.9. The molecule has 4 heteroatoms. The Kier molecular flexibility index (Phi) is 5.98. The summed E-state index contributed by atoms with van der Waals surface area (Å²) in [5, 5.41) is 0. The number of benzene rings is 2. The van der Waals surface area contributed by atoms with Gasteiger partial charge < -0.3 is 0 Å². The van der Waals surface area contributed by atoms with E-state index in [0.29, 0.717) is 11.5 Å². The SMILES string of the molecule is CCCC1CC[C@@H]2C[C@H](c3cc(F)c(-c4ccc(F)c(F)c4)c(F)c3)CC[C@@H]2C1. The lowest BCUT2D eigenvalue weighted by Crippen LogP contribution is -2.30. The van der Waals surface area contributed by atoms with E-state index < -0.39 is 23.3 Å². The zero-order valence-corrected chi connectivity index (χ0v) is 16.9. The molecule has 2 aliphatic carbocycles. The lowest BCUT2D eigenvalue weighted by atomic mass is 9.63. The van der Waals surface area contributed by atoms with Gasteiger partial charge in [-0.15, -0.1) is 0 Å². The van der Waals surface area contributed by atoms with Crippen molar-refractivity contribution in [3.8, 4) is 11.1 Å². The van der Waals surface area contributed by atoms with Gasteiger partial charge in [-0.1, -0.05) is 32.3 Å². The minimum absolute atomic E-state index is 0.0170. The molecular formula is C25H28F4. The lowest BCUT2D eigenvalue weighted by Gasteiger charge is -2.42.